The lowest BCUT2D eigenvalue weighted by molar-refractivity contribution is -0.131. The van der Waals surface area contributed by atoms with Gasteiger partial charge in [-0.3, -0.25) is 14.9 Å². The second-order valence-corrected chi connectivity index (χ2v) is 6.37. The fourth-order valence-electron chi connectivity index (χ4n) is 3.55. The Morgan fingerprint density at radius 2 is 2.04 bits per heavy atom. The molecule has 1 aromatic heterocycles. The van der Waals surface area contributed by atoms with Crippen LogP contribution in [-0.2, 0) is 16.1 Å². The van der Waals surface area contributed by atoms with Crippen molar-refractivity contribution in [1.29, 1.82) is 0 Å². The summed E-state index contributed by atoms with van der Waals surface area (Å²) < 4.78 is 2.06. The minimum atomic E-state index is -0.938. The molecule has 124 valence electrons. The van der Waals surface area contributed by atoms with Crippen LogP contribution in [0.1, 0.15) is 12.8 Å². The Bertz CT molecular complexity index is 843. The van der Waals surface area contributed by atoms with Gasteiger partial charge in [-0.2, -0.15) is 0 Å². The number of carbonyl (C=O) groups excluding carboxylic acids is 3. The first kappa shape index (κ1) is 14.7. The molecule has 2 aliphatic heterocycles. The molecule has 1 aromatic carbocycles. The highest BCUT2D eigenvalue weighted by Gasteiger charge is 2.51. The quantitative estimate of drug-likeness (QED) is 0.820. The summed E-state index contributed by atoms with van der Waals surface area (Å²) in [6.07, 6.45) is 2.81. The van der Waals surface area contributed by atoms with Gasteiger partial charge in [-0.05, 0) is 23.9 Å². The first-order valence-electron chi connectivity index (χ1n) is 8.03. The summed E-state index contributed by atoms with van der Waals surface area (Å²) in [6, 6.07) is 9.59. The smallest absolute Gasteiger partial charge is 0.322 e. The SMILES string of the molecule is O=C1NC(=O)[C@@]2(CCN(C(=O)CCn3ccc4ccccc43)C2)N1. The van der Waals surface area contributed by atoms with E-state index in [2.05, 4.69) is 15.2 Å². The van der Waals surface area contributed by atoms with Gasteiger partial charge in [-0.25, -0.2) is 4.79 Å². The number of imide groups is 1. The summed E-state index contributed by atoms with van der Waals surface area (Å²) in [5.41, 5.74) is 0.165. The Balaban J connectivity index is 1.41. The maximum Gasteiger partial charge on any atom is 0.322 e. The molecule has 0 aliphatic carbocycles. The molecule has 4 rings (SSSR count). The van der Waals surface area contributed by atoms with E-state index in [0.29, 0.717) is 25.9 Å². The van der Waals surface area contributed by atoms with E-state index < -0.39 is 11.6 Å². The molecule has 1 spiro atoms. The number of hydrogen-bond donors (Lipinski definition) is 2. The van der Waals surface area contributed by atoms with Crippen LogP contribution < -0.4 is 10.6 Å². The zero-order valence-electron chi connectivity index (χ0n) is 13.1. The Labute approximate surface area is 138 Å². The van der Waals surface area contributed by atoms with E-state index >= 15 is 0 Å². The topological polar surface area (TPSA) is 83.4 Å². The normalized spacial score (nSPS) is 23.1. The van der Waals surface area contributed by atoms with Gasteiger partial charge in [-0.1, -0.05) is 18.2 Å². The molecule has 2 saturated heterocycles. The van der Waals surface area contributed by atoms with Gasteiger partial charge in [0.25, 0.3) is 5.91 Å². The number of hydrogen-bond acceptors (Lipinski definition) is 3. The molecule has 2 N–H and O–H groups in total. The number of para-hydroxylation sites is 1. The van der Waals surface area contributed by atoms with Crippen LogP contribution in [-0.4, -0.2) is 45.9 Å². The molecule has 2 fully saturated rings. The van der Waals surface area contributed by atoms with E-state index in [-0.39, 0.29) is 18.4 Å². The van der Waals surface area contributed by atoms with Crippen molar-refractivity contribution < 1.29 is 14.4 Å². The molecule has 2 aliphatic rings. The average Bonchev–Trinajstić information content (AvgIpc) is 3.24. The molecule has 7 heteroatoms. The van der Waals surface area contributed by atoms with Gasteiger partial charge in [0.1, 0.15) is 5.54 Å². The third-order valence-electron chi connectivity index (χ3n) is 4.88. The van der Waals surface area contributed by atoms with Gasteiger partial charge in [-0.15, -0.1) is 0 Å². The standard InChI is InChI=1S/C17H18N4O3/c22-14(6-9-20-8-5-12-3-1-2-4-13(12)20)21-10-7-17(11-21)15(23)18-16(24)19-17/h1-5,8H,6-7,9-11H2,(H2,18,19,23,24)/t17-/m0/s1. The second-order valence-electron chi connectivity index (χ2n) is 6.37. The largest absolute Gasteiger partial charge is 0.347 e. The van der Waals surface area contributed by atoms with E-state index in [4.69, 9.17) is 0 Å². The highest BCUT2D eigenvalue weighted by Crippen LogP contribution is 2.25. The van der Waals surface area contributed by atoms with Crippen molar-refractivity contribution in [2.75, 3.05) is 13.1 Å². The van der Waals surface area contributed by atoms with Crippen LogP contribution in [0.3, 0.4) is 0 Å². The third-order valence-corrected chi connectivity index (χ3v) is 4.88. The molecule has 2 aromatic rings. The summed E-state index contributed by atoms with van der Waals surface area (Å²) in [5.74, 6) is -0.335. The van der Waals surface area contributed by atoms with Crippen molar-refractivity contribution in [3.8, 4) is 0 Å². The number of fused-ring (bicyclic) bond motifs is 1. The molecule has 3 heterocycles. The predicted octanol–water partition coefficient (Wildman–Crippen LogP) is 0.842. The van der Waals surface area contributed by atoms with E-state index in [1.54, 1.807) is 4.90 Å². The lowest BCUT2D eigenvalue weighted by Gasteiger charge is -2.21. The fraction of sp³-hybridized carbons (Fsp3) is 0.353. The van der Waals surface area contributed by atoms with Crippen LogP contribution in [0.25, 0.3) is 10.9 Å². The molecule has 7 nitrogen and oxygen atoms in total. The lowest BCUT2D eigenvalue weighted by atomic mass is 10.00. The third kappa shape index (κ3) is 2.33. The lowest BCUT2D eigenvalue weighted by Crippen LogP contribution is -2.49. The Kier molecular flexibility index (Phi) is 3.30. The number of likely N-dealkylation sites (tertiary alicyclic amines) is 1. The van der Waals surface area contributed by atoms with Crippen molar-refractivity contribution >= 4 is 28.7 Å². The van der Waals surface area contributed by atoms with Gasteiger partial charge in [0.05, 0.1) is 6.54 Å². The van der Waals surface area contributed by atoms with Crippen molar-refractivity contribution in [3.05, 3.63) is 36.5 Å². The summed E-state index contributed by atoms with van der Waals surface area (Å²) in [4.78, 5) is 37.4. The molecule has 4 amide bonds. The van der Waals surface area contributed by atoms with Crippen molar-refractivity contribution in [2.45, 2.75) is 24.9 Å². The number of carbonyl (C=O) groups is 3. The maximum atomic E-state index is 12.5. The van der Waals surface area contributed by atoms with Crippen molar-refractivity contribution in [3.63, 3.8) is 0 Å². The molecule has 0 saturated carbocycles. The minimum absolute atomic E-state index is 0.00129. The molecule has 0 unspecified atom stereocenters. The van der Waals surface area contributed by atoms with Gasteiger partial charge in [0.2, 0.25) is 5.91 Å². The van der Waals surface area contributed by atoms with Gasteiger partial charge in [0.15, 0.2) is 0 Å². The second kappa shape index (κ2) is 5.36. The number of rotatable bonds is 3. The number of amides is 4. The fourth-order valence-corrected chi connectivity index (χ4v) is 3.55. The van der Waals surface area contributed by atoms with Crippen LogP contribution in [0, 0.1) is 0 Å². The van der Waals surface area contributed by atoms with Crippen LogP contribution in [0.2, 0.25) is 0 Å². The van der Waals surface area contributed by atoms with Gasteiger partial charge < -0.3 is 14.8 Å². The predicted molar refractivity (Wildman–Crippen MR) is 87.2 cm³/mol. The summed E-state index contributed by atoms with van der Waals surface area (Å²) in [5, 5.41) is 6.06. The van der Waals surface area contributed by atoms with E-state index in [0.717, 1.165) is 10.9 Å². The van der Waals surface area contributed by atoms with Crippen LogP contribution in [0.4, 0.5) is 4.79 Å². The number of benzene rings is 1. The highest BCUT2D eigenvalue weighted by atomic mass is 16.2. The first-order valence-corrected chi connectivity index (χ1v) is 8.03. The monoisotopic (exact) mass is 326 g/mol. The number of aryl methyl sites for hydroxylation is 1. The summed E-state index contributed by atoms with van der Waals surface area (Å²) in [7, 11) is 0. The molecule has 0 bridgehead atoms. The average molecular weight is 326 g/mol. The molecule has 0 radical (unpaired) electrons. The summed E-state index contributed by atoms with van der Waals surface area (Å²) >= 11 is 0. The molecule has 1 atom stereocenters. The molecular formula is C17H18N4O3. The highest BCUT2D eigenvalue weighted by molar-refractivity contribution is 6.07. The van der Waals surface area contributed by atoms with Crippen LogP contribution in [0.5, 0.6) is 0 Å². The Morgan fingerprint density at radius 1 is 1.21 bits per heavy atom. The number of nitrogens with one attached hydrogen (secondary N) is 2. The van der Waals surface area contributed by atoms with Crippen LogP contribution in [0.15, 0.2) is 36.5 Å². The van der Waals surface area contributed by atoms with Gasteiger partial charge in [0, 0.05) is 31.2 Å². The Morgan fingerprint density at radius 3 is 2.83 bits per heavy atom. The number of urea groups is 1. The zero-order valence-corrected chi connectivity index (χ0v) is 13.1. The van der Waals surface area contributed by atoms with E-state index in [9.17, 15) is 14.4 Å². The molecule has 24 heavy (non-hydrogen) atoms. The number of nitrogens with zero attached hydrogens (tertiary/aromatic N) is 2. The first-order chi connectivity index (χ1) is 11.6. The van der Waals surface area contributed by atoms with Crippen molar-refractivity contribution in [1.82, 2.24) is 20.1 Å². The molecular weight excluding hydrogens is 308 g/mol. The van der Waals surface area contributed by atoms with Gasteiger partial charge >= 0.3 is 6.03 Å². The van der Waals surface area contributed by atoms with Crippen LogP contribution >= 0.6 is 0 Å². The van der Waals surface area contributed by atoms with E-state index in [1.807, 2.05) is 36.5 Å². The van der Waals surface area contributed by atoms with Crippen molar-refractivity contribution in [2.24, 2.45) is 0 Å². The summed E-state index contributed by atoms with van der Waals surface area (Å²) in [6.45, 7) is 1.32. The zero-order chi connectivity index (χ0) is 16.7. The minimum Gasteiger partial charge on any atom is -0.347 e. The van der Waals surface area contributed by atoms with E-state index in [1.165, 1.54) is 0 Å². The maximum absolute atomic E-state index is 12.5. The number of aromatic nitrogens is 1. The Hall–Kier alpha value is -2.83.